The van der Waals surface area contributed by atoms with Gasteiger partial charge in [0.05, 0.1) is 5.69 Å². The minimum absolute atomic E-state index is 0.00860. The molecule has 5 nitrogen and oxygen atoms in total. The van der Waals surface area contributed by atoms with Gasteiger partial charge in [0.1, 0.15) is 11.5 Å². The average Bonchev–Trinajstić information content (AvgIpc) is 3.34. The van der Waals surface area contributed by atoms with Gasteiger partial charge in [-0.05, 0) is 38.5 Å². The van der Waals surface area contributed by atoms with Gasteiger partial charge in [-0.15, -0.1) is 11.3 Å². The number of aromatic nitrogens is 2. The molecule has 1 N–H and O–H groups in total. The van der Waals surface area contributed by atoms with E-state index in [-0.39, 0.29) is 17.8 Å². The van der Waals surface area contributed by atoms with Crippen LogP contribution in [0, 0.1) is 19.7 Å². The van der Waals surface area contributed by atoms with Gasteiger partial charge in [-0.2, -0.15) is 5.10 Å². The Morgan fingerprint density at radius 3 is 2.83 bits per heavy atom. The lowest BCUT2D eigenvalue weighted by Gasteiger charge is -2.16. The van der Waals surface area contributed by atoms with Crippen LogP contribution in [0.5, 0.6) is 0 Å². The number of halogens is 1. The Hall–Kier alpha value is -2.51. The van der Waals surface area contributed by atoms with E-state index in [1.807, 2.05) is 12.3 Å². The van der Waals surface area contributed by atoms with Crippen LogP contribution < -0.4 is 5.32 Å². The summed E-state index contributed by atoms with van der Waals surface area (Å²) in [7, 11) is 0. The monoisotopic (exact) mass is 412 g/mol. The van der Waals surface area contributed by atoms with E-state index in [4.69, 9.17) is 5.10 Å². The van der Waals surface area contributed by atoms with Crippen molar-refractivity contribution in [2.75, 3.05) is 13.1 Å². The van der Waals surface area contributed by atoms with Crippen molar-refractivity contribution in [1.29, 1.82) is 0 Å². The molecule has 0 bridgehead atoms. The van der Waals surface area contributed by atoms with Crippen molar-refractivity contribution in [3.63, 3.8) is 0 Å². The van der Waals surface area contributed by atoms with Gasteiger partial charge in [-0.3, -0.25) is 9.69 Å². The molecule has 29 heavy (non-hydrogen) atoms. The molecule has 1 aliphatic heterocycles. The highest BCUT2D eigenvalue weighted by atomic mass is 32.1. The van der Waals surface area contributed by atoms with Crippen molar-refractivity contribution < 1.29 is 9.18 Å². The van der Waals surface area contributed by atoms with Crippen LogP contribution in [0.4, 0.5) is 4.39 Å². The highest BCUT2D eigenvalue weighted by Crippen LogP contribution is 2.33. The summed E-state index contributed by atoms with van der Waals surface area (Å²) in [5, 5.41) is 7.79. The summed E-state index contributed by atoms with van der Waals surface area (Å²) < 4.78 is 16.0. The maximum absolute atomic E-state index is 14.4. The number of aryl methyl sites for hydroxylation is 2. The first-order chi connectivity index (χ1) is 13.9. The highest BCUT2D eigenvalue weighted by molar-refractivity contribution is 7.12. The average molecular weight is 413 g/mol. The minimum atomic E-state index is -0.293. The minimum Gasteiger partial charge on any atom is -0.352 e. The molecular weight excluding hydrogens is 387 g/mol. The van der Waals surface area contributed by atoms with Crippen LogP contribution in [0.3, 0.4) is 0 Å². The fourth-order valence-corrected chi connectivity index (χ4v) is 4.93. The van der Waals surface area contributed by atoms with Gasteiger partial charge in [-0.1, -0.05) is 12.1 Å². The predicted molar refractivity (Wildman–Crippen MR) is 114 cm³/mol. The van der Waals surface area contributed by atoms with Gasteiger partial charge in [0.2, 0.25) is 5.91 Å². The molecule has 0 radical (unpaired) electrons. The Kier molecular flexibility index (Phi) is 5.52. The number of para-hydroxylation sites is 1. The number of nitrogens with one attached hydrogen (secondary N) is 1. The summed E-state index contributed by atoms with van der Waals surface area (Å²) in [6.45, 7) is 8.19. The number of hydrogen-bond acceptors (Lipinski definition) is 4. The lowest BCUT2D eigenvalue weighted by Crippen LogP contribution is -2.35. The van der Waals surface area contributed by atoms with Gasteiger partial charge in [0.25, 0.3) is 0 Å². The fourth-order valence-electron chi connectivity index (χ4n) is 4.00. The molecule has 0 spiro atoms. The molecule has 0 aliphatic carbocycles. The molecule has 1 atom stereocenters. The zero-order chi connectivity index (χ0) is 20.5. The Labute approximate surface area is 174 Å². The van der Waals surface area contributed by atoms with Crippen LogP contribution in [0.15, 0.2) is 36.5 Å². The van der Waals surface area contributed by atoms with Crippen LogP contribution in [0.1, 0.15) is 28.7 Å². The molecule has 3 heterocycles. The zero-order valence-corrected chi connectivity index (χ0v) is 17.7. The van der Waals surface area contributed by atoms with E-state index in [2.05, 4.69) is 30.1 Å². The summed E-state index contributed by atoms with van der Waals surface area (Å²) in [5.41, 5.74) is 3.52. The number of likely N-dealkylation sites (tertiary alicyclic amines) is 1. The van der Waals surface area contributed by atoms with Crippen LogP contribution >= 0.6 is 11.3 Å². The van der Waals surface area contributed by atoms with Crippen LogP contribution in [0.2, 0.25) is 0 Å². The third kappa shape index (κ3) is 4.26. The number of benzene rings is 1. The molecule has 2 aromatic heterocycles. The zero-order valence-electron chi connectivity index (χ0n) is 16.9. The Bertz CT molecular complexity index is 1040. The summed E-state index contributed by atoms with van der Waals surface area (Å²) in [4.78, 5) is 16.1. The number of carbonyl (C=O) groups is 1. The molecule has 0 unspecified atom stereocenters. The maximum Gasteiger partial charge on any atom is 0.217 e. The first-order valence-electron chi connectivity index (χ1n) is 9.81. The second-order valence-electron chi connectivity index (χ2n) is 7.65. The van der Waals surface area contributed by atoms with Gasteiger partial charge in [-0.25, -0.2) is 9.07 Å². The van der Waals surface area contributed by atoms with Crippen LogP contribution in [0.25, 0.3) is 16.9 Å². The smallest absolute Gasteiger partial charge is 0.217 e. The second-order valence-corrected chi connectivity index (χ2v) is 9.11. The molecule has 4 rings (SSSR count). The van der Waals surface area contributed by atoms with Crippen LogP contribution in [-0.2, 0) is 11.3 Å². The number of carbonyl (C=O) groups excluding carboxylic acids is 1. The topological polar surface area (TPSA) is 50.2 Å². The molecule has 152 valence electrons. The maximum atomic E-state index is 14.4. The summed E-state index contributed by atoms with van der Waals surface area (Å²) >= 11 is 1.75. The number of thiophene rings is 1. The Balaban J connectivity index is 1.67. The third-order valence-corrected chi connectivity index (χ3v) is 6.23. The van der Waals surface area contributed by atoms with E-state index in [0.29, 0.717) is 12.2 Å². The van der Waals surface area contributed by atoms with E-state index in [1.165, 1.54) is 15.8 Å². The SMILES string of the molecule is CC(=O)N[C@@H]1CCN(Cc2cn(-c3ccccc3F)nc2-c2cc(C)sc2C)C1. The molecule has 1 aliphatic rings. The molecule has 1 saturated heterocycles. The first-order valence-corrected chi connectivity index (χ1v) is 10.6. The lowest BCUT2D eigenvalue weighted by atomic mass is 10.1. The Morgan fingerprint density at radius 1 is 1.34 bits per heavy atom. The second kappa shape index (κ2) is 8.08. The van der Waals surface area contributed by atoms with Crippen molar-refractivity contribution >= 4 is 17.2 Å². The first kappa shape index (κ1) is 19.8. The van der Waals surface area contributed by atoms with Gasteiger partial charge < -0.3 is 5.32 Å². The van der Waals surface area contributed by atoms with Crippen LogP contribution in [-0.4, -0.2) is 39.7 Å². The summed E-state index contributed by atoms with van der Waals surface area (Å²) in [6.07, 6.45) is 2.87. The van der Waals surface area contributed by atoms with E-state index in [0.717, 1.165) is 36.3 Å². The molecular formula is C22H25FN4OS. The molecule has 0 saturated carbocycles. The fraction of sp³-hybridized carbons (Fsp3) is 0.364. The molecule has 3 aromatic rings. The number of nitrogens with zero attached hydrogens (tertiary/aromatic N) is 3. The van der Waals surface area contributed by atoms with Crippen molar-refractivity contribution in [2.24, 2.45) is 0 Å². The lowest BCUT2D eigenvalue weighted by molar-refractivity contribution is -0.119. The standard InChI is InChI=1S/C22H25FN4OS/c1-14-10-19(15(2)29-14)22-17(11-26-9-8-18(13-26)24-16(3)28)12-27(25-22)21-7-5-4-6-20(21)23/h4-7,10,12,18H,8-9,11,13H2,1-3H3,(H,24,28)/t18-/m1/s1. The van der Waals surface area contributed by atoms with Crippen molar-refractivity contribution in [2.45, 2.75) is 39.8 Å². The highest BCUT2D eigenvalue weighted by Gasteiger charge is 2.25. The summed E-state index contributed by atoms with van der Waals surface area (Å²) in [6, 6.07) is 9.03. The van der Waals surface area contributed by atoms with Gasteiger partial charge in [0.15, 0.2) is 0 Å². The predicted octanol–water partition coefficient (Wildman–Crippen LogP) is 4.07. The largest absolute Gasteiger partial charge is 0.352 e. The van der Waals surface area contributed by atoms with E-state index in [9.17, 15) is 9.18 Å². The normalized spacial score (nSPS) is 17.0. The molecule has 1 aromatic carbocycles. The van der Waals surface area contributed by atoms with Gasteiger partial charge in [0, 0.05) is 59.7 Å². The summed E-state index contributed by atoms with van der Waals surface area (Å²) in [5.74, 6) is -0.285. The van der Waals surface area contributed by atoms with E-state index < -0.39 is 0 Å². The van der Waals surface area contributed by atoms with Crippen molar-refractivity contribution in [3.8, 4) is 16.9 Å². The van der Waals surface area contributed by atoms with E-state index >= 15 is 0 Å². The number of hydrogen-bond donors (Lipinski definition) is 1. The molecule has 7 heteroatoms. The number of rotatable bonds is 5. The molecule has 1 amide bonds. The van der Waals surface area contributed by atoms with Gasteiger partial charge >= 0.3 is 0 Å². The van der Waals surface area contributed by atoms with E-state index in [1.54, 1.807) is 35.1 Å². The third-order valence-electron chi connectivity index (χ3n) is 5.26. The quantitative estimate of drug-likeness (QED) is 0.687. The molecule has 1 fully saturated rings. The van der Waals surface area contributed by atoms with Crippen molar-refractivity contribution in [1.82, 2.24) is 20.0 Å². The Morgan fingerprint density at radius 2 is 2.14 bits per heavy atom. The van der Waals surface area contributed by atoms with Crippen molar-refractivity contribution in [3.05, 3.63) is 57.7 Å². The number of amides is 1.